The molecule has 2 heteroatoms. The molecule has 0 atom stereocenters. The van der Waals surface area contributed by atoms with Crippen molar-refractivity contribution >= 4 is 0 Å². The van der Waals surface area contributed by atoms with E-state index in [1.165, 1.54) is 0 Å². The van der Waals surface area contributed by atoms with Gasteiger partial charge < -0.3 is 9.84 Å². The summed E-state index contributed by atoms with van der Waals surface area (Å²) in [5.41, 5.74) is 2.27. The highest BCUT2D eigenvalue weighted by molar-refractivity contribution is 5.43. The molecule has 0 radical (unpaired) electrons. The molecule has 0 aliphatic heterocycles. The highest BCUT2D eigenvalue weighted by Gasteiger charge is 2.23. The lowest BCUT2D eigenvalue weighted by molar-refractivity contribution is 0.0783. The van der Waals surface area contributed by atoms with Crippen LogP contribution >= 0.6 is 0 Å². The van der Waals surface area contributed by atoms with Gasteiger partial charge in [0.1, 0.15) is 12.4 Å². The van der Waals surface area contributed by atoms with Crippen LogP contribution in [0.3, 0.4) is 0 Å². The number of ether oxygens (including phenoxy) is 1. The van der Waals surface area contributed by atoms with Crippen molar-refractivity contribution in [3.8, 4) is 5.75 Å². The summed E-state index contributed by atoms with van der Waals surface area (Å²) < 4.78 is 6.04. The fraction of sp³-hybridized carbons (Fsp3) is 0.400. The minimum atomic E-state index is -0.849. The van der Waals surface area contributed by atoms with Gasteiger partial charge in [-0.25, -0.2) is 0 Å². The first-order chi connectivity index (χ1) is 10.2. The molecule has 0 amide bonds. The minimum Gasteiger partial charge on any atom is -0.489 e. The Balaban J connectivity index is 2.30. The lowest BCUT2D eigenvalue weighted by Crippen LogP contribution is -2.19. The second-order valence-electron chi connectivity index (χ2n) is 7.29. The summed E-state index contributed by atoms with van der Waals surface area (Å²) in [7, 11) is 0. The highest BCUT2D eigenvalue weighted by atomic mass is 16.5. The molecule has 0 aliphatic carbocycles. The van der Waals surface area contributed by atoms with Crippen molar-refractivity contribution in [1.82, 2.24) is 0 Å². The lowest BCUT2D eigenvalue weighted by Gasteiger charge is -2.26. The average Bonchev–Trinajstić information content (AvgIpc) is 2.44. The molecular weight excluding hydrogens is 272 g/mol. The molecule has 0 unspecified atom stereocenters. The van der Waals surface area contributed by atoms with Gasteiger partial charge in [-0.05, 0) is 48.1 Å². The van der Waals surface area contributed by atoms with Crippen molar-refractivity contribution in [3.63, 3.8) is 0 Å². The van der Waals surface area contributed by atoms with Crippen LogP contribution in [0.25, 0.3) is 0 Å². The average molecular weight is 298 g/mol. The molecule has 0 spiro atoms. The van der Waals surface area contributed by atoms with Gasteiger partial charge in [0, 0.05) is 0 Å². The van der Waals surface area contributed by atoms with E-state index in [1.807, 2.05) is 30.3 Å². The Morgan fingerprint density at radius 2 is 1.55 bits per heavy atom. The zero-order valence-corrected chi connectivity index (χ0v) is 14.2. The van der Waals surface area contributed by atoms with E-state index >= 15 is 0 Å². The molecule has 118 valence electrons. The molecule has 0 saturated carbocycles. The largest absolute Gasteiger partial charge is 0.489 e. The quantitative estimate of drug-likeness (QED) is 0.879. The smallest absolute Gasteiger partial charge is 0.123 e. The zero-order chi connectivity index (χ0) is 16.4. The summed E-state index contributed by atoms with van der Waals surface area (Å²) in [5, 5.41) is 10.2. The van der Waals surface area contributed by atoms with Gasteiger partial charge in [-0.1, -0.05) is 57.2 Å². The highest BCUT2D eigenvalue weighted by Crippen LogP contribution is 2.35. The maximum Gasteiger partial charge on any atom is 0.123 e. The van der Waals surface area contributed by atoms with Crippen LogP contribution in [0, 0.1) is 0 Å². The predicted octanol–water partition coefficient (Wildman–Crippen LogP) is 4.79. The van der Waals surface area contributed by atoms with Gasteiger partial charge in [-0.2, -0.15) is 0 Å². The van der Waals surface area contributed by atoms with E-state index in [0.717, 1.165) is 22.4 Å². The predicted molar refractivity (Wildman–Crippen MR) is 91.2 cm³/mol. The van der Waals surface area contributed by atoms with Gasteiger partial charge in [0.05, 0.1) is 5.60 Å². The van der Waals surface area contributed by atoms with Crippen LogP contribution in [0.1, 0.15) is 51.3 Å². The van der Waals surface area contributed by atoms with E-state index in [4.69, 9.17) is 4.74 Å². The second-order valence-corrected chi connectivity index (χ2v) is 7.29. The van der Waals surface area contributed by atoms with Gasteiger partial charge in [-0.15, -0.1) is 0 Å². The molecule has 0 fully saturated rings. The first kappa shape index (κ1) is 16.6. The normalized spacial score (nSPS) is 12.3. The molecule has 0 aromatic heterocycles. The Morgan fingerprint density at radius 3 is 2.09 bits per heavy atom. The first-order valence-corrected chi connectivity index (χ1v) is 7.72. The summed E-state index contributed by atoms with van der Waals surface area (Å²) in [6, 6.07) is 16.1. The fourth-order valence-electron chi connectivity index (χ4n) is 2.36. The number of hydrogen-bond acceptors (Lipinski definition) is 2. The summed E-state index contributed by atoms with van der Waals surface area (Å²) in [4.78, 5) is 0. The number of aliphatic hydroxyl groups is 1. The summed E-state index contributed by atoms with van der Waals surface area (Å²) in [6.45, 7) is 10.6. The molecule has 2 aromatic carbocycles. The van der Waals surface area contributed by atoms with Gasteiger partial charge >= 0.3 is 0 Å². The number of hydrogen-bond donors (Lipinski definition) is 1. The van der Waals surface area contributed by atoms with Crippen LogP contribution in [0.5, 0.6) is 5.75 Å². The van der Waals surface area contributed by atoms with Gasteiger partial charge in [0.2, 0.25) is 0 Å². The van der Waals surface area contributed by atoms with Crippen molar-refractivity contribution in [3.05, 3.63) is 65.2 Å². The third-order valence-electron chi connectivity index (χ3n) is 3.73. The molecule has 2 nitrogen and oxygen atoms in total. The summed E-state index contributed by atoms with van der Waals surface area (Å²) in [6.07, 6.45) is 0. The second kappa shape index (κ2) is 6.13. The maximum atomic E-state index is 10.2. The van der Waals surface area contributed by atoms with E-state index in [-0.39, 0.29) is 5.41 Å². The van der Waals surface area contributed by atoms with E-state index in [9.17, 15) is 5.11 Å². The van der Waals surface area contributed by atoms with E-state index in [1.54, 1.807) is 13.8 Å². The van der Waals surface area contributed by atoms with Gasteiger partial charge in [0.15, 0.2) is 0 Å². The third kappa shape index (κ3) is 4.11. The molecule has 2 rings (SSSR count). The topological polar surface area (TPSA) is 29.5 Å². The molecule has 0 saturated heterocycles. The molecule has 0 aliphatic rings. The Morgan fingerprint density at radius 1 is 0.909 bits per heavy atom. The minimum absolute atomic E-state index is 0.0483. The standard InChI is InChI=1S/C20H26O2/c1-19(2,3)17-13-16(20(4,5)21)11-12-18(17)22-14-15-9-7-6-8-10-15/h6-13,21H,14H2,1-5H3. The molecule has 22 heavy (non-hydrogen) atoms. The van der Waals surface area contributed by atoms with E-state index in [2.05, 4.69) is 39.0 Å². The molecular formula is C20H26O2. The Bertz CT molecular complexity index is 616. The van der Waals surface area contributed by atoms with Crippen LogP contribution in [-0.4, -0.2) is 5.11 Å². The van der Waals surface area contributed by atoms with Crippen molar-refractivity contribution in [2.45, 2.75) is 52.2 Å². The first-order valence-electron chi connectivity index (χ1n) is 7.72. The van der Waals surface area contributed by atoms with Gasteiger partial charge in [0.25, 0.3) is 0 Å². The summed E-state index contributed by atoms with van der Waals surface area (Å²) in [5.74, 6) is 0.879. The SMILES string of the molecule is CC(C)(C)c1cc(C(C)(C)O)ccc1OCc1ccccc1. The Kier molecular flexibility index (Phi) is 4.62. The van der Waals surface area contributed by atoms with E-state index < -0.39 is 5.60 Å². The monoisotopic (exact) mass is 298 g/mol. The van der Waals surface area contributed by atoms with Crippen LogP contribution in [0.2, 0.25) is 0 Å². The molecule has 1 N–H and O–H groups in total. The third-order valence-corrected chi connectivity index (χ3v) is 3.73. The van der Waals surface area contributed by atoms with Crippen LogP contribution in [0.4, 0.5) is 0 Å². The fourth-order valence-corrected chi connectivity index (χ4v) is 2.36. The number of benzene rings is 2. The molecule has 0 bridgehead atoms. The maximum absolute atomic E-state index is 10.2. The van der Waals surface area contributed by atoms with Crippen molar-refractivity contribution in [2.24, 2.45) is 0 Å². The van der Waals surface area contributed by atoms with Crippen LogP contribution in [0.15, 0.2) is 48.5 Å². The molecule has 0 heterocycles. The van der Waals surface area contributed by atoms with Crippen LogP contribution < -0.4 is 4.74 Å². The van der Waals surface area contributed by atoms with Crippen molar-refractivity contribution in [1.29, 1.82) is 0 Å². The number of rotatable bonds is 4. The van der Waals surface area contributed by atoms with Gasteiger partial charge in [-0.3, -0.25) is 0 Å². The van der Waals surface area contributed by atoms with Crippen molar-refractivity contribution < 1.29 is 9.84 Å². The van der Waals surface area contributed by atoms with Crippen molar-refractivity contribution in [2.75, 3.05) is 0 Å². The Labute approximate surface area is 133 Å². The lowest BCUT2D eigenvalue weighted by atomic mass is 9.83. The summed E-state index contributed by atoms with van der Waals surface area (Å²) >= 11 is 0. The van der Waals surface area contributed by atoms with E-state index in [0.29, 0.717) is 6.61 Å². The van der Waals surface area contributed by atoms with Crippen LogP contribution in [-0.2, 0) is 17.6 Å². The Hall–Kier alpha value is -1.80. The zero-order valence-electron chi connectivity index (χ0n) is 14.2. The molecule has 2 aromatic rings.